The molecule has 2 rings (SSSR count). The maximum Gasteiger partial charge on any atom is 0.341 e. The largest absolute Gasteiger partial charge is 0.481 e. The average molecular weight is 446 g/mol. The van der Waals surface area contributed by atoms with Crippen molar-refractivity contribution in [1.29, 1.82) is 0 Å². The number of pyridine rings is 1. The number of benzene rings is 1. The molecule has 1 aromatic heterocycles. The van der Waals surface area contributed by atoms with Crippen molar-refractivity contribution >= 4 is 34.7 Å². The van der Waals surface area contributed by atoms with Crippen LogP contribution in [0.3, 0.4) is 0 Å². The number of rotatable bonds is 9. The van der Waals surface area contributed by atoms with Gasteiger partial charge in [-0.2, -0.15) is 0 Å². The van der Waals surface area contributed by atoms with Crippen molar-refractivity contribution in [3.8, 4) is 5.75 Å². The van der Waals surface area contributed by atoms with Gasteiger partial charge in [0.1, 0.15) is 23.1 Å². The summed E-state index contributed by atoms with van der Waals surface area (Å²) in [6.45, 7) is 4.56. The van der Waals surface area contributed by atoms with E-state index < -0.39 is 42.1 Å². The van der Waals surface area contributed by atoms with Gasteiger partial charge < -0.3 is 24.6 Å². The number of amides is 1. The summed E-state index contributed by atoms with van der Waals surface area (Å²) in [5.74, 6) is -2.98. The van der Waals surface area contributed by atoms with Crippen LogP contribution in [0.1, 0.15) is 44.1 Å². The third-order valence-electron chi connectivity index (χ3n) is 4.11. The number of methoxy groups -OCH3 is 1. The van der Waals surface area contributed by atoms with Gasteiger partial charge in [0.25, 0.3) is 5.91 Å². The lowest BCUT2D eigenvalue weighted by molar-refractivity contribution is -0.155. The van der Waals surface area contributed by atoms with Crippen LogP contribution in [-0.4, -0.2) is 59.3 Å². The Morgan fingerprint density at radius 1 is 1.16 bits per heavy atom. The van der Waals surface area contributed by atoms with Gasteiger partial charge in [-0.05, 0) is 39.3 Å². The molecule has 0 aliphatic carbocycles. The minimum atomic E-state index is -1.18. The lowest BCUT2D eigenvalue weighted by Gasteiger charge is -2.21. The van der Waals surface area contributed by atoms with E-state index in [2.05, 4.69) is 10.3 Å². The highest BCUT2D eigenvalue weighted by atomic mass is 16.6. The molecule has 0 aliphatic rings. The van der Waals surface area contributed by atoms with Crippen LogP contribution < -0.4 is 10.1 Å². The summed E-state index contributed by atoms with van der Waals surface area (Å²) in [5.41, 5.74) is -0.359. The van der Waals surface area contributed by atoms with E-state index >= 15 is 0 Å². The van der Waals surface area contributed by atoms with Gasteiger partial charge in [0.15, 0.2) is 6.61 Å². The van der Waals surface area contributed by atoms with Crippen LogP contribution >= 0.6 is 0 Å². The maximum atomic E-state index is 12.8. The number of fused-ring (bicyclic) bond motifs is 1. The number of aromatic nitrogens is 1. The first-order valence-electron chi connectivity index (χ1n) is 9.85. The van der Waals surface area contributed by atoms with Gasteiger partial charge in [-0.3, -0.25) is 9.59 Å². The molecule has 172 valence electrons. The number of nitrogens with zero attached hydrogens (tertiary/aromatic N) is 1. The van der Waals surface area contributed by atoms with Crippen LogP contribution in [0, 0.1) is 0 Å². The zero-order valence-electron chi connectivity index (χ0n) is 18.3. The molecule has 0 fully saturated rings. The molecule has 1 heterocycles. The molecule has 0 unspecified atom stereocenters. The molecule has 0 radical (unpaired) electrons. The Bertz CT molecular complexity index is 1010. The van der Waals surface area contributed by atoms with E-state index in [-0.39, 0.29) is 24.3 Å². The predicted molar refractivity (Wildman–Crippen MR) is 113 cm³/mol. The van der Waals surface area contributed by atoms with E-state index in [1.807, 2.05) is 0 Å². The fourth-order valence-electron chi connectivity index (χ4n) is 2.80. The number of carboxylic acids is 1. The number of aliphatic carboxylic acids is 1. The first-order valence-corrected chi connectivity index (χ1v) is 9.85. The average Bonchev–Trinajstić information content (AvgIpc) is 2.72. The standard InChI is InChI=1S/C22H26N2O8/c1-22(2,3)32-19(27)10-9-15(21(29)30-4)24-20(28)16-11-17(31-12-18(25)26)13-7-5-6-8-14(13)23-16/h5-8,11,15H,9-10,12H2,1-4H3,(H,24,28)(H,25,26)/t15-/m0/s1. The SMILES string of the molecule is COC(=O)[C@H](CCC(=O)OC(C)(C)C)NC(=O)c1cc(OCC(=O)O)c2ccccc2n1. The highest BCUT2D eigenvalue weighted by molar-refractivity contribution is 5.99. The molecule has 0 spiro atoms. The summed E-state index contributed by atoms with van der Waals surface area (Å²) in [5, 5.41) is 11.9. The molecule has 32 heavy (non-hydrogen) atoms. The number of hydrogen-bond donors (Lipinski definition) is 2. The molecular weight excluding hydrogens is 420 g/mol. The Balaban J connectivity index is 2.22. The summed E-state index contributed by atoms with van der Waals surface area (Å²) in [6, 6.07) is 6.93. The Hall–Kier alpha value is -3.69. The molecule has 2 aromatic rings. The van der Waals surface area contributed by atoms with E-state index in [9.17, 15) is 19.2 Å². The first-order chi connectivity index (χ1) is 15.0. The van der Waals surface area contributed by atoms with Gasteiger partial charge in [0, 0.05) is 17.9 Å². The van der Waals surface area contributed by atoms with Crippen LogP contribution in [0.25, 0.3) is 10.9 Å². The van der Waals surface area contributed by atoms with E-state index in [1.54, 1.807) is 45.0 Å². The van der Waals surface area contributed by atoms with Crippen molar-refractivity contribution in [2.24, 2.45) is 0 Å². The molecule has 1 atom stereocenters. The van der Waals surface area contributed by atoms with E-state index in [1.165, 1.54) is 13.2 Å². The van der Waals surface area contributed by atoms with Gasteiger partial charge in [-0.25, -0.2) is 14.6 Å². The topological polar surface area (TPSA) is 141 Å². The van der Waals surface area contributed by atoms with Crippen LogP contribution in [0.2, 0.25) is 0 Å². The number of nitrogens with one attached hydrogen (secondary N) is 1. The van der Waals surface area contributed by atoms with Crippen molar-refractivity contribution in [3.63, 3.8) is 0 Å². The summed E-state index contributed by atoms with van der Waals surface area (Å²) in [6.07, 6.45) is -0.154. The van der Waals surface area contributed by atoms with Crippen LogP contribution in [0.5, 0.6) is 5.75 Å². The smallest absolute Gasteiger partial charge is 0.341 e. The van der Waals surface area contributed by atoms with E-state index in [0.29, 0.717) is 10.9 Å². The number of carboxylic acid groups (broad SMARTS) is 1. The van der Waals surface area contributed by atoms with Crippen LogP contribution in [-0.2, 0) is 23.9 Å². The zero-order chi connectivity index (χ0) is 23.9. The second kappa shape index (κ2) is 10.6. The number of ether oxygens (including phenoxy) is 3. The third kappa shape index (κ3) is 7.22. The normalized spacial score (nSPS) is 12.0. The highest BCUT2D eigenvalue weighted by Gasteiger charge is 2.26. The fourth-order valence-corrected chi connectivity index (χ4v) is 2.80. The quantitative estimate of drug-likeness (QED) is 0.554. The summed E-state index contributed by atoms with van der Waals surface area (Å²) in [4.78, 5) is 52.1. The second-order valence-electron chi connectivity index (χ2n) is 7.88. The Morgan fingerprint density at radius 3 is 2.47 bits per heavy atom. The number of carbonyl (C=O) groups is 4. The first kappa shape index (κ1) is 24.6. The second-order valence-corrected chi connectivity index (χ2v) is 7.88. The molecule has 10 nitrogen and oxygen atoms in total. The van der Waals surface area contributed by atoms with E-state index in [0.717, 1.165) is 0 Å². The highest BCUT2D eigenvalue weighted by Crippen LogP contribution is 2.25. The molecule has 2 N–H and O–H groups in total. The maximum absolute atomic E-state index is 12.8. The Kier molecular flexibility index (Phi) is 8.11. The minimum Gasteiger partial charge on any atom is -0.481 e. The van der Waals surface area contributed by atoms with Crippen LogP contribution in [0.4, 0.5) is 0 Å². The lowest BCUT2D eigenvalue weighted by Crippen LogP contribution is -2.42. The Morgan fingerprint density at radius 2 is 1.84 bits per heavy atom. The molecule has 0 saturated carbocycles. The molecule has 0 bridgehead atoms. The number of hydrogen-bond acceptors (Lipinski definition) is 8. The van der Waals surface area contributed by atoms with Crippen LogP contribution in [0.15, 0.2) is 30.3 Å². The number of para-hydroxylation sites is 1. The van der Waals surface area contributed by atoms with Crippen molar-refractivity contribution in [2.45, 2.75) is 45.3 Å². The molecule has 1 amide bonds. The van der Waals surface area contributed by atoms with Crippen molar-refractivity contribution in [3.05, 3.63) is 36.0 Å². The third-order valence-corrected chi connectivity index (χ3v) is 4.11. The van der Waals surface area contributed by atoms with Crippen molar-refractivity contribution in [2.75, 3.05) is 13.7 Å². The van der Waals surface area contributed by atoms with Gasteiger partial charge >= 0.3 is 17.9 Å². The molecule has 1 aromatic carbocycles. The Labute approximate surface area is 184 Å². The zero-order valence-corrected chi connectivity index (χ0v) is 18.3. The van der Waals surface area contributed by atoms with Gasteiger partial charge in [-0.1, -0.05) is 12.1 Å². The van der Waals surface area contributed by atoms with Crippen molar-refractivity contribution in [1.82, 2.24) is 10.3 Å². The number of esters is 2. The molecule has 0 saturated heterocycles. The number of carbonyl (C=O) groups excluding carboxylic acids is 3. The van der Waals surface area contributed by atoms with Gasteiger partial charge in [0.05, 0.1) is 12.6 Å². The summed E-state index contributed by atoms with van der Waals surface area (Å²) >= 11 is 0. The minimum absolute atomic E-state index is 0.0384. The summed E-state index contributed by atoms with van der Waals surface area (Å²) < 4.78 is 15.2. The molecular formula is C22H26N2O8. The van der Waals surface area contributed by atoms with Gasteiger partial charge in [0.2, 0.25) is 0 Å². The van der Waals surface area contributed by atoms with Gasteiger partial charge in [-0.15, -0.1) is 0 Å². The monoisotopic (exact) mass is 446 g/mol. The van der Waals surface area contributed by atoms with E-state index in [4.69, 9.17) is 19.3 Å². The molecule has 0 aliphatic heterocycles. The van der Waals surface area contributed by atoms with Crippen molar-refractivity contribution < 1.29 is 38.5 Å². The fraction of sp³-hybridized carbons (Fsp3) is 0.409. The molecule has 10 heteroatoms. The lowest BCUT2D eigenvalue weighted by atomic mass is 10.1. The predicted octanol–water partition coefficient (Wildman–Crippen LogP) is 2.09. The summed E-state index contributed by atoms with van der Waals surface area (Å²) in [7, 11) is 1.17.